The Bertz CT molecular complexity index is 1590. The Morgan fingerprint density at radius 3 is 2.66 bits per heavy atom. The number of rotatable bonds is 5. The van der Waals surface area contributed by atoms with Crippen molar-refractivity contribution in [3.8, 4) is 0 Å². The van der Waals surface area contributed by atoms with Crippen molar-refractivity contribution < 1.29 is 0 Å². The second-order valence-electron chi connectivity index (χ2n) is 9.18. The van der Waals surface area contributed by atoms with Gasteiger partial charge in [-0.05, 0) is 70.5 Å². The van der Waals surface area contributed by atoms with Crippen molar-refractivity contribution in [1.29, 1.82) is 0 Å². The minimum Gasteiger partial charge on any atom is -0.357 e. The highest BCUT2D eigenvalue weighted by atomic mass is 16.1. The van der Waals surface area contributed by atoms with Crippen LogP contribution in [0.4, 0.5) is 5.69 Å². The van der Waals surface area contributed by atoms with Crippen LogP contribution in [0, 0.1) is 13.8 Å². The highest BCUT2D eigenvalue weighted by Crippen LogP contribution is 2.37. The fourth-order valence-electron chi connectivity index (χ4n) is 5.10. The molecule has 0 amide bonds. The third-order valence-corrected chi connectivity index (χ3v) is 7.09. The zero-order valence-corrected chi connectivity index (χ0v) is 19.8. The van der Waals surface area contributed by atoms with Crippen LogP contribution in [-0.4, -0.2) is 31.7 Å². The van der Waals surface area contributed by atoms with Gasteiger partial charge >= 0.3 is 0 Å². The van der Waals surface area contributed by atoms with Gasteiger partial charge in [0.15, 0.2) is 5.82 Å². The monoisotopic (exact) mass is 462 g/mol. The fourth-order valence-corrected chi connectivity index (χ4v) is 5.10. The van der Waals surface area contributed by atoms with Gasteiger partial charge in [0.2, 0.25) is 0 Å². The average Bonchev–Trinajstić information content (AvgIpc) is 3.51. The molecule has 5 aromatic rings. The molecule has 0 aliphatic carbocycles. The van der Waals surface area contributed by atoms with E-state index in [-0.39, 0.29) is 5.56 Å². The number of aromatic amines is 1. The SMILES string of the molecule is Cc1ccc2cc([C@H](c3nnnn3Cc3ccccc3)N3CCc4ccccc43)c(=O)[nH]c2c1C. The van der Waals surface area contributed by atoms with Crippen molar-refractivity contribution in [2.45, 2.75) is 32.9 Å². The number of H-pyrrole nitrogens is 1. The number of hydrogen-bond acceptors (Lipinski definition) is 5. The quantitative estimate of drug-likeness (QED) is 0.421. The summed E-state index contributed by atoms with van der Waals surface area (Å²) in [5.74, 6) is 0.652. The zero-order valence-electron chi connectivity index (χ0n) is 19.8. The third-order valence-electron chi connectivity index (χ3n) is 7.09. The molecule has 1 aliphatic rings. The standard InChI is InChI=1S/C28H26N6O/c1-18-12-13-22-16-23(28(35)29-25(22)19(18)2)26(33-15-14-21-10-6-7-11-24(21)33)27-30-31-32-34(27)17-20-8-4-3-5-9-20/h3-13,16,26H,14-15,17H2,1-2H3,(H,29,35)/t26-/m1/s1. The van der Waals surface area contributed by atoms with E-state index < -0.39 is 6.04 Å². The molecule has 174 valence electrons. The summed E-state index contributed by atoms with van der Waals surface area (Å²) in [5, 5.41) is 13.8. The molecule has 3 aromatic carbocycles. The summed E-state index contributed by atoms with van der Waals surface area (Å²) in [6.07, 6.45) is 0.913. The zero-order chi connectivity index (χ0) is 23.9. The molecule has 0 bridgehead atoms. The number of fused-ring (bicyclic) bond motifs is 2. The lowest BCUT2D eigenvalue weighted by Gasteiger charge is -2.29. The van der Waals surface area contributed by atoms with Gasteiger partial charge in [-0.1, -0.05) is 60.7 Å². The van der Waals surface area contributed by atoms with E-state index in [1.54, 1.807) is 0 Å². The summed E-state index contributed by atoms with van der Waals surface area (Å²) in [5.41, 5.74) is 7.12. The molecule has 7 nitrogen and oxygen atoms in total. The largest absolute Gasteiger partial charge is 0.357 e. The Balaban J connectivity index is 1.54. The van der Waals surface area contributed by atoms with Gasteiger partial charge in [0, 0.05) is 17.8 Å². The summed E-state index contributed by atoms with van der Waals surface area (Å²) >= 11 is 0. The van der Waals surface area contributed by atoms with Gasteiger partial charge in [-0.25, -0.2) is 4.68 Å². The fraction of sp³-hybridized carbons (Fsp3) is 0.214. The molecule has 1 aliphatic heterocycles. The normalized spacial score (nSPS) is 13.8. The van der Waals surface area contributed by atoms with E-state index in [0.717, 1.165) is 46.2 Å². The number of hydrogen-bond donors (Lipinski definition) is 1. The summed E-state index contributed by atoms with van der Waals surface area (Å²) in [4.78, 5) is 19.0. The number of pyridine rings is 1. The lowest BCUT2D eigenvalue weighted by molar-refractivity contribution is 0.577. The van der Waals surface area contributed by atoms with E-state index >= 15 is 0 Å². The van der Waals surface area contributed by atoms with Gasteiger partial charge in [-0.2, -0.15) is 0 Å². The van der Waals surface area contributed by atoms with E-state index in [4.69, 9.17) is 0 Å². The van der Waals surface area contributed by atoms with Crippen molar-refractivity contribution in [2.24, 2.45) is 0 Å². The van der Waals surface area contributed by atoms with Crippen LogP contribution in [0.2, 0.25) is 0 Å². The number of aryl methyl sites for hydroxylation is 2. The van der Waals surface area contributed by atoms with Crippen LogP contribution < -0.4 is 10.5 Å². The molecule has 6 rings (SSSR count). The molecule has 0 unspecified atom stereocenters. The van der Waals surface area contributed by atoms with E-state index in [1.165, 1.54) is 5.56 Å². The first-order chi connectivity index (χ1) is 17.1. The molecule has 7 heteroatoms. The number of anilines is 1. The molecule has 35 heavy (non-hydrogen) atoms. The van der Waals surface area contributed by atoms with Gasteiger partial charge in [0.05, 0.1) is 12.1 Å². The Hall–Kier alpha value is -4.26. The number of tetrazole rings is 1. The summed E-state index contributed by atoms with van der Waals surface area (Å²) in [6.45, 7) is 5.41. The number of benzene rings is 3. The van der Waals surface area contributed by atoms with Crippen LogP contribution in [0.3, 0.4) is 0 Å². The second kappa shape index (κ2) is 8.51. The number of para-hydroxylation sites is 1. The van der Waals surface area contributed by atoms with Crippen molar-refractivity contribution in [3.05, 3.63) is 117 Å². The first kappa shape index (κ1) is 21.3. The topological polar surface area (TPSA) is 79.7 Å². The maximum atomic E-state index is 13.6. The van der Waals surface area contributed by atoms with E-state index in [0.29, 0.717) is 17.9 Å². The minimum atomic E-state index is -0.424. The molecule has 3 heterocycles. The van der Waals surface area contributed by atoms with E-state index in [1.807, 2.05) is 41.9 Å². The number of nitrogens with one attached hydrogen (secondary N) is 1. The van der Waals surface area contributed by atoms with Gasteiger partial charge < -0.3 is 9.88 Å². The van der Waals surface area contributed by atoms with Gasteiger partial charge in [0.1, 0.15) is 6.04 Å². The highest BCUT2D eigenvalue weighted by Gasteiger charge is 2.34. The minimum absolute atomic E-state index is 0.116. The molecule has 1 atom stereocenters. The molecule has 0 saturated carbocycles. The molecule has 0 spiro atoms. The average molecular weight is 463 g/mol. The maximum absolute atomic E-state index is 13.6. The van der Waals surface area contributed by atoms with Crippen LogP contribution >= 0.6 is 0 Å². The Kier molecular flexibility index (Phi) is 5.17. The predicted octanol–water partition coefficient (Wildman–Crippen LogP) is 4.33. The Morgan fingerprint density at radius 2 is 1.80 bits per heavy atom. The van der Waals surface area contributed by atoms with Crippen molar-refractivity contribution in [1.82, 2.24) is 25.2 Å². The number of aromatic nitrogens is 5. The van der Waals surface area contributed by atoms with Gasteiger partial charge in [-0.3, -0.25) is 4.79 Å². The summed E-state index contributed by atoms with van der Waals surface area (Å²) in [7, 11) is 0. The third kappa shape index (κ3) is 3.69. The Morgan fingerprint density at radius 1 is 1.00 bits per heavy atom. The van der Waals surface area contributed by atoms with Gasteiger partial charge in [0.25, 0.3) is 5.56 Å². The summed E-state index contributed by atoms with van der Waals surface area (Å²) in [6, 6.07) is 24.2. The number of nitrogens with zero attached hydrogens (tertiary/aromatic N) is 5. The van der Waals surface area contributed by atoms with Crippen molar-refractivity contribution in [2.75, 3.05) is 11.4 Å². The molecule has 0 radical (unpaired) electrons. The highest BCUT2D eigenvalue weighted by molar-refractivity contribution is 5.83. The van der Waals surface area contributed by atoms with E-state index in [2.05, 4.69) is 74.8 Å². The first-order valence-corrected chi connectivity index (χ1v) is 11.9. The predicted molar refractivity (Wildman–Crippen MR) is 137 cm³/mol. The maximum Gasteiger partial charge on any atom is 0.254 e. The summed E-state index contributed by atoms with van der Waals surface area (Å²) < 4.78 is 1.81. The smallest absolute Gasteiger partial charge is 0.254 e. The van der Waals surface area contributed by atoms with Crippen LogP contribution in [0.25, 0.3) is 10.9 Å². The van der Waals surface area contributed by atoms with Crippen molar-refractivity contribution in [3.63, 3.8) is 0 Å². The molecule has 0 saturated heterocycles. The lowest BCUT2D eigenvalue weighted by atomic mass is 10.00. The molecule has 1 N–H and O–H groups in total. The lowest BCUT2D eigenvalue weighted by Crippen LogP contribution is -2.34. The van der Waals surface area contributed by atoms with Crippen molar-refractivity contribution >= 4 is 16.6 Å². The first-order valence-electron chi connectivity index (χ1n) is 11.9. The van der Waals surface area contributed by atoms with E-state index in [9.17, 15) is 4.79 Å². The molecule has 0 fully saturated rings. The van der Waals surface area contributed by atoms with Crippen LogP contribution in [0.5, 0.6) is 0 Å². The molecular weight excluding hydrogens is 436 g/mol. The molecular formula is C28H26N6O. The second-order valence-corrected chi connectivity index (χ2v) is 9.18. The van der Waals surface area contributed by atoms with Crippen LogP contribution in [0.1, 0.15) is 39.7 Å². The Labute approximate surface area is 203 Å². The molecule has 2 aromatic heterocycles. The van der Waals surface area contributed by atoms with Crippen LogP contribution in [-0.2, 0) is 13.0 Å². The van der Waals surface area contributed by atoms with Gasteiger partial charge in [-0.15, -0.1) is 5.10 Å². The van der Waals surface area contributed by atoms with Crippen LogP contribution in [0.15, 0.2) is 77.6 Å².